The molecule has 0 saturated heterocycles. The maximum absolute atomic E-state index is 13.8. The number of H-pyrrole nitrogens is 1. The van der Waals surface area contributed by atoms with Crippen LogP contribution in [0.5, 0.6) is 5.75 Å². The molecule has 3 rings (SSSR count). The van der Waals surface area contributed by atoms with E-state index in [0.717, 1.165) is 0 Å². The summed E-state index contributed by atoms with van der Waals surface area (Å²) in [6.45, 7) is 1.97. The van der Waals surface area contributed by atoms with E-state index in [4.69, 9.17) is 4.74 Å². The zero-order valence-electron chi connectivity index (χ0n) is 15.1. The molecule has 0 aliphatic carbocycles. The number of benzene rings is 2. The van der Waals surface area contributed by atoms with E-state index in [1.54, 1.807) is 43.3 Å². The standard InChI is InChI=1S/C20H20FN3O3/c1-3-24(12-19(25)23-16-8-4-5-10-18(16)27-2)20(26)17-11-13-14(21)7-6-9-15(13)22-17/h4-11,22H,3,12H2,1-2H3,(H,23,25). The Bertz CT molecular complexity index is 984. The first-order valence-electron chi connectivity index (χ1n) is 8.53. The highest BCUT2D eigenvalue weighted by Gasteiger charge is 2.20. The van der Waals surface area contributed by atoms with Gasteiger partial charge in [-0.3, -0.25) is 9.59 Å². The van der Waals surface area contributed by atoms with Gasteiger partial charge in [0.2, 0.25) is 5.91 Å². The Kier molecular flexibility index (Phi) is 5.40. The zero-order chi connectivity index (χ0) is 19.4. The van der Waals surface area contributed by atoms with E-state index in [9.17, 15) is 14.0 Å². The summed E-state index contributed by atoms with van der Waals surface area (Å²) < 4.78 is 19.1. The van der Waals surface area contributed by atoms with Crippen LogP contribution in [0.2, 0.25) is 0 Å². The van der Waals surface area contributed by atoms with E-state index in [1.807, 2.05) is 0 Å². The number of halogens is 1. The van der Waals surface area contributed by atoms with Crippen molar-refractivity contribution in [2.24, 2.45) is 0 Å². The number of para-hydroxylation sites is 2. The van der Waals surface area contributed by atoms with E-state index in [1.165, 1.54) is 24.1 Å². The van der Waals surface area contributed by atoms with E-state index in [0.29, 0.717) is 28.9 Å². The predicted octanol–water partition coefficient (Wildman–Crippen LogP) is 3.42. The Hall–Kier alpha value is -3.35. The molecule has 1 aromatic heterocycles. The number of ether oxygens (including phenoxy) is 1. The summed E-state index contributed by atoms with van der Waals surface area (Å²) in [6.07, 6.45) is 0. The number of carbonyl (C=O) groups is 2. The number of aromatic nitrogens is 1. The quantitative estimate of drug-likeness (QED) is 0.699. The Morgan fingerprint density at radius 1 is 1.19 bits per heavy atom. The smallest absolute Gasteiger partial charge is 0.270 e. The number of fused-ring (bicyclic) bond motifs is 1. The molecule has 0 atom stereocenters. The van der Waals surface area contributed by atoms with Gasteiger partial charge in [0, 0.05) is 17.4 Å². The molecular formula is C20H20FN3O3. The number of hydrogen-bond acceptors (Lipinski definition) is 3. The molecule has 140 valence electrons. The summed E-state index contributed by atoms with van der Waals surface area (Å²) in [5, 5.41) is 3.08. The summed E-state index contributed by atoms with van der Waals surface area (Å²) in [6, 6.07) is 13.1. The minimum atomic E-state index is -0.403. The third-order valence-electron chi connectivity index (χ3n) is 4.23. The maximum Gasteiger partial charge on any atom is 0.270 e. The first-order valence-corrected chi connectivity index (χ1v) is 8.53. The number of aromatic amines is 1. The zero-order valence-corrected chi connectivity index (χ0v) is 15.1. The van der Waals surface area contributed by atoms with Crippen LogP contribution in [0.3, 0.4) is 0 Å². The van der Waals surface area contributed by atoms with Crippen LogP contribution >= 0.6 is 0 Å². The van der Waals surface area contributed by atoms with Crippen molar-refractivity contribution in [3.63, 3.8) is 0 Å². The average Bonchev–Trinajstić information content (AvgIpc) is 3.12. The second kappa shape index (κ2) is 7.90. The molecule has 0 aliphatic heterocycles. The van der Waals surface area contributed by atoms with Crippen LogP contribution in [-0.4, -0.2) is 41.9 Å². The number of rotatable bonds is 6. The molecule has 6 nitrogen and oxygen atoms in total. The van der Waals surface area contributed by atoms with Gasteiger partial charge in [0.25, 0.3) is 5.91 Å². The molecule has 0 saturated carbocycles. The Morgan fingerprint density at radius 3 is 2.67 bits per heavy atom. The lowest BCUT2D eigenvalue weighted by molar-refractivity contribution is -0.116. The molecule has 2 N–H and O–H groups in total. The van der Waals surface area contributed by atoms with Crippen molar-refractivity contribution in [2.75, 3.05) is 25.5 Å². The van der Waals surface area contributed by atoms with Crippen molar-refractivity contribution in [1.29, 1.82) is 0 Å². The van der Waals surface area contributed by atoms with Crippen molar-refractivity contribution in [1.82, 2.24) is 9.88 Å². The third-order valence-corrected chi connectivity index (χ3v) is 4.23. The highest BCUT2D eigenvalue weighted by molar-refractivity contribution is 6.01. The van der Waals surface area contributed by atoms with Gasteiger partial charge in [0.1, 0.15) is 23.8 Å². The molecule has 0 radical (unpaired) electrons. The summed E-state index contributed by atoms with van der Waals surface area (Å²) in [5.74, 6) is -0.591. The number of nitrogens with one attached hydrogen (secondary N) is 2. The van der Waals surface area contributed by atoms with Crippen LogP contribution in [0.15, 0.2) is 48.5 Å². The number of hydrogen-bond donors (Lipinski definition) is 2. The fourth-order valence-electron chi connectivity index (χ4n) is 2.84. The monoisotopic (exact) mass is 369 g/mol. The lowest BCUT2D eigenvalue weighted by atomic mass is 10.2. The molecule has 7 heteroatoms. The Labute approximate surface area is 155 Å². The summed E-state index contributed by atoms with van der Waals surface area (Å²) in [4.78, 5) is 29.4. The highest BCUT2D eigenvalue weighted by atomic mass is 19.1. The average molecular weight is 369 g/mol. The molecule has 0 bridgehead atoms. The minimum absolute atomic E-state index is 0.134. The lowest BCUT2D eigenvalue weighted by Gasteiger charge is -2.20. The molecule has 1 heterocycles. The van der Waals surface area contributed by atoms with Crippen molar-refractivity contribution >= 4 is 28.4 Å². The second-order valence-corrected chi connectivity index (χ2v) is 5.95. The number of anilines is 1. The molecule has 0 aliphatic rings. The number of methoxy groups -OCH3 is 1. The van der Waals surface area contributed by atoms with Gasteiger partial charge in [0.15, 0.2) is 0 Å². The molecule has 2 amide bonds. The second-order valence-electron chi connectivity index (χ2n) is 5.95. The Balaban J connectivity index is 1.74. The van der Waals surface area contributed by atoms with Gasteiger partial charge in [-0.25, -0.2) is 4.39 Å². The van der Waals surface area contributed by atoms with Crippen molar-refractivity contribution in [3.8, 4) is 5.75 Å². The van der Waals surface area contributed by atoms with Crippen LogP contribution in [0, 0.1) is 5.82 Å². The summed E-state index contributed by atoms with van der Waals surface area (Å²) >= 11 is 0. The lowest BCUT2D eigenvalue weighted by Crippen LogP contribution is -2.38. The van der Waals surface area contributed by atoms with Crippen molar-refractivity contribution in [3.05, 3.63) is 60.0 Å². The number of carbonyl (C=O) groups excluding carboxylic acids is 2. The van der Waals surface area contributed by atoms with Crippen LogP contribution < -0.4 is 10.1 Å². The number of nitrogens with zero attached hydrogens (tertiary/aromatic N) is 1. The Morgan fingerprint density at radius 2 is 1.96 bits per heavy atom. The fourth-order valence-corrected chi connectivity index (χ4v) is 2.84. The van der Waals surface area contributed by atoms with E-state index >= 15 is 0 Å². The largest absolute Gasteiger partial charge is 0.495 e. The van der Waals surface area contributed by atoms with Gasteiger partial charge in [-0.1, -0.05) is 18.2 Å². The summed E-state index contributed by atoms with van der Waals surface area (Å²) in [5.41, 5.74) is 1.30. The number of likely N-dealkylation sites (N-methyl/N-ethyl adjacent to an activating group) is 1. The molecule has 2 aromatic carbocycles. The maximum atomic E-state index is 13.8. The fraction of sp³-hybridized carbons (Fsp3) is 0.200. The van der Waals surface area contributed by atoms with E-state index < -0.39 is 5.82 Å². The molecule has 0 fully saturated rings. The van der Waals surface area contributed by atoms with Gasteiger partial charge in [0.05, 0.1) is 12.8 Å². The van der Waals surface area contributed by atoms with Crippen LogP contribution in [0.25, 0.3) is 10.9 Å². The van der Waals surface area contributed by atoms with Gasteiger partial charge in [-0.2, -0.15) is 0 Å². The first kappa shape index (κ1) is 18.4. The third kappa shape index (κ3) is 3.92. The van der Waals surface area contributed by atoms with Crippen LogP contribution in [0.1, 0.15) is 17.4 Å². The number of amides is 2. The van der Waals surface area contributed by atoms with Crippen molar-refractivity contribution in [2.45, 2.75) is 6.92 Å². The summed E-state index contributed by atoms with van der Waals surface area (Å²) in [7, 11) is 1.52. The molecule has 0 unspecified atom stereocenters. The first-order chi connectivity index (χ1) is 13.0. The van der Waals surface area contributed by atoms with Gasteiger partial charge in [-0.05, 0) is 37.3 Å². The topological polar surface area (TPSA) is 74.4 Å². The minimum Gasteiger partial charge on any atom is -0.495 e. The molecule has 27 heavy (non-hydrogen) atoms. The van der Waals surface area contributed by atoms with Crippen LogP contribution in [0.4, 0.5) is 10.1 Å². The predicted molar refractivity (Wildman–Crippen MR) is 101 cm³/mol. The molecule has 3 aromatic rings. The van der Waals surface area contributed by atoms with Gasteiger partial charge >= 0.3 is 0 Å². The van der Waals surface area contributed by atoms with E-state index in [2.05, 4.69) is 10.3 Å². The van der Waals surface area contributed by atoms with E-state index in [-0.39, 0.29) is 24.1 Å². The van der Waals surface area contributed by atoms with Crippen LogP contribution in [-0.2, 0) is 4.79 Å². The molecule has 0 spiro atoms. The van der Waals surface area contributed by atoms with Crippen molar-refractivity contribution < 1.29 is 18.7 Å². The SMILES string of the molecule is CCN(CC(=O)Nc1ccccc1OC)C(=O)c1cc2c(F)cccc2[nH]1. The van der Waals surface area contributed by atoms with Gasteiger partial charge in [-0.15, -0.1) is 0 Å². The normalized spacial score (nSPS) is 10.6. The van der Waals surface area contributed by atoms with Gasteiger partial charge < -0.3 is 19.9 Å². The molecular weight excluding hydrogens is 349 g/mol. The highest BCUT2D eigenvalue weighted by Crippen LogP contribution is 2.23.